The Morgan fingerprint density at radius 2 is 2.00 bits per heavy atom. The molecule has 138 valence electrons. The van der Waals surface area contributed by atoms with Gasteiger partial charge in [-0.1, -0.05) is 44.2 Å². The van der Waals surface area contributed by atoms with E-state index >= 15 is 0 Å². The number of nitrogens with zero attached hydrogens (tertiary/aromatic N) is 3. The maximum absolute atomic E-state index is 13.2. The van der Waals surface area contributed by atoms with Gasteiger partial charge in [-0.3, -0.25) is 4.79 Å². The van der Waals surface area contributed by atoms with Crippen LogP contribution in [-0.2, 0) is 0 Å². The zero-order chi connectivity index (χ0) is 18.4. The first-order valence-corrected chi connectivity index (χ1v) is 9.72. The van der Waals surface area contributed by atoms with Crippen LogP contribution < -0.4 is 5.32 Å². The number of hydrogen-bond acceptors (Lipinski definition) is 4. The smallest absolute Gasteiger partial charge is 0.272 e. The van der Waals surface area contributed by atoms with Gasteiger partial charge in [0.2, 0.25) is 0 Å². The summed E-state index contributed by atoms with van der Waals surface area (Å²) in [6, 6.07) is 12.0. The standard InChI is InChI=1S/C21H28N4O/c1-3-13-22-19-15-18(21(26)25-14-9-8-12-17(25)4-2)23-20(24-19)16-10-6-5-7-11-16/h5-7,10-11,15,17H,3-4,8-9,12-14H2,1-2H3,(H,22,23,24). The molecular weight excluding hydrogens is 324 g/mol. The Kier molecular flexibility index (Phi) is 6.21. The van der Waals surface area contributed by atoms with E-state index in [-0.39, 0.29) is 5.91 Å². The Morgan fingerprint density at radius 1 is 1.19 bits per heavy atom. The number of benzene rings is 1. The SMILES string of the molecule is CCCNc1cc(C(=O)N2CCCCC2CC)nc(-c2ccccc2)n1. The zero-order valence-electron chi connectivity index (χ0n) is 15.7. The van der Waals surface area contributed by atoms with Crippen LogP contribution in [0.3, 0.4) is 0 Å². The molecule has 1 aliphatic heterocycles. The topological polar surface area (TPSA) is 58.1 Å². The molecule has 1 N–H and O–H groups in total. The van der Waals surface area contributed by atoms with Crippen LogP contribution in [0.4, 0.5) is 5.82 Å². The normalized spacial score (nSPS) is 17.2. The molecule has 2 heterocycles. The average molecular weight is 352 g/mol. The van der Waals surface area contributed by atoms with Gasteiger partial charge in [0.25, 0.3) is 5.91 Å². The highest BCUT2D eigenvalue weighted by molar-refractivity contribution is 5.93. The minimum Gasteiger partial charge on any atom is -0.370 e. The summed E-state index contributed by atoms with van der Waals surface area (Å²) in [5.74, 6) is 1.34. The number of anilines is 1. The molecule has 1 fully saturated rings. The van der Waals surface area contributed by atoms with Gasteiger partial charge >= 0.3 is 0 Å². The lowest BCUT2D eigenvalue weighted by atomic mass is 9.99. The van der Waals surface area contributed by atoms with Crippen molar-refractivity contribution in [1.82, 2.24) is 14.9 Å². The van der Waals surface area contributed by atoms with Crippen LogP contribution in [-0.4, -0.2) is 39.9 Å². The van der Waals surface area contributed by atoms with E-state index in [4.69, 9.17) is 0 Å². The molecule has 1 atom stereocenters. The van der Waals surface area contributed by atoms with Gasteiger partial charge in [-0.2, -0.15) is 0 Å². The molecule has 1 aliphatic rings. The Bertz CT molecular complexity index is 732. The Morgan fingerprint density at radius 3 is 2.73 bits per heavy atom. The van der Waals surface area contributed by atoms with Crippen molar-refractivity contribution in [1.29, 1.82) is 0 Å². The summed E-state index contributed by atoms with van der Waals surface area (Å²) in [5, 5.41) is 3.31. The lowest BCUT2D eigenvalue weighted by molar-refractivity contribution is 0.0602. The van der Waals surface area contributed by atoms with E-state index in [2.05, 4.69) is 29.1 Å². The first-order chi connectivity index (χ1) is 12.7. The van der Waals surface area contributed by atoms with Crippen molar-refractivity contribution in [3.8, 4) is 11.4 Å². The molecule has 0 bridgehead atoms. The first-order valence-electron chi connectivity index (χ1n) is 9.72. The predicted molar refractivity (Wildman–Crippen MR) is 105 cm³/mol. The molecule has 1 aromatic heterocycles. The molecule has 1 aromatic carbocycles. The number of rotatable bonds is 6. The molecule has 1 unspecified atom stereocenters. The molecule has 5 heteroatoms. The van der Waals surface area contributed by atoms with Gasteiger partial charge < -0.3 is 10.2 Å². The molecule has 0 spiro atoms. The van der Waals surface area contributed by atoms with E-state index in [1.165, 1.54) is 6.42 Å². The maximum Gasteiger partial charge on any atom is 0.272 e. The number of amides is 1. The molecular formula is C21H28N4O. The second kappa shape index (κ2) is 8.79. The number of carbonyl (C=O) groups excluding carboxylic acids is 1. The van der Waals surface area contributed by atoms with Gasteiger partial charge in [0.15, 0.2) is 5.82 Å². The summed E-state index contributed by atoms with van der Waals surface area (Å²) >= 11 is 0. The quantitative estimate of drug-likeness (QED) is 0.839. The third-order valence-electron chi connectivity index (χ3n) is 4.89. The van der Waals surface area contributed by atoms with E-state index in [0.29, 0.717) is 23.4 Å². The van der Waals surface area contributed by atoms with E-state index < -0.39 is 0 Å². The average Bonchev–Trinajstić information content (AvgIpc) is 2.72. The summed E-state index contributed by atoms with van der Waals surface area (Å²) < 4.78 is 0. The monoisotopic (exact) mass is 352 g/mol. The van der Waals surface area contributed by atoms with Crippen LogP contribution in [0.2, 0.25) is 0 Å². The molecule has 26 heavy (non-hydrogen) atoms. The molecule has 1 saturated heterocycles. The lowest BCUT2D eigenvalue weighted by Crippen LogP contribution is -2.43. The summed E-state index contributed by atoms with van der Waals surface area (Å²) in [4.78, 5) is 24.4. The molecule has 0 aliphatic carbocycles. The second-order valence-corrected chi connectivity index (χ2v) is 6.81. The fraction of sp³-hybridized carbons (Fsp3) is 0.476. The number of carbonyl (C=O) groups is 1. The lowest BCUT2D eigenvalue weighted by Gasteiger charge is -2.35. The third-order valence-corrected chi connectivity index (χ3v) is 4.89. The summed E-state index contributed by atoms with van der Waals surface area (Å²) in [6.07, 6.45) is 5.34. The highest BCUT2D eigenvalue weighted by Crippen LogP contribution is 2.23. The minimum absolute atomic E-state index is 0.0238. The van der Waals surface area contributed by atoms with Gasteiger partial charge in [-0.25, -0.2) is 9.97 Å². The highest BCUT2D eigenvalue weighted by atomic mass is 16.2. The highest BCUT2D eigenvalue weighted by Gasteiger charge is 2.27. The minimum atomic E-state index is 0.0238. The van der Waals surface area contributed by atoms with Crippen LogP contribution in [0.25, 0.3) is 11.4 Å². The van der Waals surface area contributed by atoms with Crippen molar-refractivity contribution in [2.75, 3.05) is 18.4 Å². The molecule has 5 nitrogen and oxygen atoms in total. The van der Waals surface area contributed by atoms with Crippen LogP contribution in [0.15, 0.2) is 36.4 Å². The Labute approximate surface area is 155 Å². The van der Waals surface area contributed by atoms with Gasteiger partial charge in [-0.05, 0) is 32.1 Å². The van der Waals surface area contributed by atoms with Crippen molar-refractivity contribution >= 4 is 11.7 Å². The Hall–Kier alpha value is -2.43. The van der Waals surface area contributed by atoms with Gasteiger partial charge in [-0.15, -0.1) is 0 Å². The van der Waals surface area contributed by atoms with E-state index in [1.807, 2.05) is 35.2 Å². The van der Waals surface area contributed by atoms with Gasteiger partial charge in [0, 0.05) is 30.8 Å². The number of hydrogen-bond donors (Lipinski definition) is 1. The van der Waals surface area contributed by atoms with E-state index in [9.17, 15) is 4.79 Å². The van der Waals surface area contributed by atoms with Crippen LogP contribution >= 0.6 is 0 Å². The van der Waals surface area contributed by atoms with Crippen LogP contribution in [0, 0.1) is 0 Å². The number of likely N-dealkylation sites (tertiary alicyclic amines) is 1. The second-order valence-electron chi connectivity index (χ2n) is 6.81. The van der Waals surface area contributed by atoms with Crippen molar-refractivity contribution in [3.05, 3.63) is 42.1 Å². The van der Waals surface area contributed by atoms with Crippen molar-refractivity contribution in [2.45, 2.75) is 52.0 Å². The van der Waals surface area contributed by atoms with Crippen molar-refractivity contribution in [2.24, 2.45) is 0 Å². The van der Waals surface area contributed by atoms with Crippen LogP contribution in [0.1, 0.15) is 56.4 Å². The third kappa shape index (κ3) is 4.21. The summed E-state index contributed by atoms with van der Waals surface area (Å²) in [7, 11) is 0. The Balaban J connectivity index is 1.95. The molecule has 2 aromatic rings. The fourth-order valence-electron chi connectivity index (χ4n) is 3.46. The number of nitrogens with one attached hydrogen (secondary N) is 1. The number of piperidine rings is 1. The van der Waals surface area contributed by atoms with Gasteiger partial charge in [0.1, 0.15) is 11.5 Å². The largest absolute Gasteiger partial charge is 0.370 e. The maximum atomic E-state index is 13.2. The zero-order valence-corrected chi connectivity index (χ0v) is 15.7. The fourth-order valence-corrected chi connectivity index (χ4v) is 3.46. The van der Waals surface area contributed by atoms with E-state index in [0.717, 1.165) is 44.3 Å². The van der Waals surface area contributed by atoms with Crippen molar-refractivity contribution in [3.63, 3.8) is 0 Å². The van der Waals surface area contributed by atoms with E-state index in [1.54, 1.807) is 6.07 Å². The number of aromatic nitrogens is 2. The molecule has 3 rings (SSSR count). The van der Waals surface area contributed by atoms with Crippen molar-refractivity contribution < 1.29 is 4.79 Å². The summed E-state index contributed by atoms with van der Waals surface area (Å²) in [6.45, 7) is 5.90. The molecule has 0 saturated carbocycles. The molecule has 1 amide bonds. The van der Waals surface area contributed by atoms with Gasteiger partial charge in [0.05, 0.1) is 0 Å². The molecule has 0 radical (unpaired) electrons. The summed E-state index contributed by atoms with van der Waals surface area (Å²) in [5.41, 5.74) is 1.41. The van der Waals surface area contributed by atoms with Crippen LogP contribution in [0.5, 0.6) is 0 Å². The first kappa shape index (κ1) is 18.4. The predicted octanol–water partition coefficient (Wildman–Crippen LogP) is 4.37.